The van der Waals surface area contributed by atoms with E-state index in [9.17, 15) is 13.2 Å². The number of aromatic nitrogens is 2. The zero-order valence-electron chi connectivity index (χ0n) is 13.9. The van der Waals surface area contributed by atoms with E-state index >= 15 is 0 Å². The van der Waals surface area contributed by atoms with Crippen LogP contribution in [0.1, 0.15) is 29.5 Å². The second-order valence-electron chi connectivity index (χ2n) is 6.46. The molecule has 1 aliphatic heterocycles. The van der Waals surface area contributed by atoms with Crippen molar-refractivity contribution in [3.8, 4) is 11.5 Å². The van der Waals surface area contributed by atoms with E-state index in [4.69, 9.17) is 9.15 Å². The van der Waals surface area contributed by atoms with Crippen LogP contribution in [0.4, 0.5) is 13.2 Å². The van der Waals surface area contributed by atoms with Crippen molar-refractivity contribution >= 4 is 0 Å². The van der Waals surface area contributed by atoms with Crippen LogP contribution in [0.3, 0.4) is 0 Å². The Hall–Kier alpha value is -2.67. The number of hydrogen-bond acceptors (Lipinski definition) is 4. The molecule has 0 saturated carbocycles. The van der Waals surface area contributed by atoms with Gasteiger partial charge in [0.2, 0.25) is 5.89 Å². The normalized spacial score (nSPS) is 19.5. The van der Waals surface area contributed by atoms with Crippen molar-refractivity contribution in [1.82, 2.24) is 10.2 Å². The Morgan fingerprint density at radius 3 is 2.38 bits per heavy atom. The Balaban J connectivity index is 1.61. The first-order valence-corrected chi connectivity index (χ1v) is 8.07. The number of halogens is 3. The lowest BCUT2D eigenvalue weighted by Gasteiger charge is -2.09. The number of hydrogen-bond donors (Lipinski definition) is 0. The van der Waals surface area contributed by atoms with Crippen molar-refractivity contribution in [2.24, 2.45) is 0 Å². The Bertz CT molecular complexity index is 928. The SMILES string of the molecule is CC1(c2nnc(-c3ccccc3Cc3ccc(C(F)(F)F)cc3)o2)CO1. The van der Waals surface area contributed by atoms with Gasteiger partial charge in [-0.3, -0.25) is 0 Å². The molecule has 1 aliphatic rings. The molecule has 3 aromatic rings. The molecule has 2 aromatic carbocycles. The van der Waals surface area contributed by atoms with Crippen molar-refractivity contribution in [3.63, 3.8) is 0 Å². The van der Waals surface area contributed by atoms with Gasteiger partial charge in [0.1, 0.15) is 0 Å². The molecule has 0 aliphatic carbocycles. The van der Waals surface area contributed by atoms with Crippen LogP contribution in [0.15, 0.2) is 52.9 Å². The lowest BCUT2D eigenvalue weighted by molar-refractivity contribution is -0.137. The van der Waals surface area contributed by atoms with Gasteiger partial charge in [-0.05, 0) is 42.7 Å². The van der Waals surface area contributed by atoms with Gasteiger partial charge in [-0.15, -0.1) is 10.2 Å². The van der Waals surface area contributed by atoms with Crippen molar-refractivity contribution in [1.29, 1.82) is 0 Å². The fraction of sp³-hybridized carbons (Fsp3) is 0.263. The summed E-state index contributed by atoms with van der Waals surface area (Å²) in [6.07, 6.45) is -3.88. The highest BCUT2D eigenvalue weighted by Gasteiger charge is 2.46. The molecule has 4 nitrogen and oxygen atoms in total. The number of epoxide rings is 1. The maximum Gasteiger partial charge on any atom is 0.416 e. The molecule has 134 valence electrons. The van der Waals surface area contributed by atoms with Crippen molar-refractivity contribution in [3.05, 3.63) is 71.1 Å². The van der Waals surface area contributed by atoms with Crippen LogP contribution < -0.4 is 0 Å². The van der Waals surface area contributed by atoms with E-state index in [1.165, 1.54) is 12.1 Å². The van der Waals surface area contributed by atoms with Crippen LogP contribution in [-0.4, -0.2) is 16.8 Å². The molecular weight excluding hydrogens is 345 g/mol. The number of alkyl halides is 3. The zero-order chi connectivity index (χ0) is 18.4. The van der Waals surface area contributed by atoms with E-state index in [0.717, 1.165) is 28.8 Å². The van der Waals surface area contributed by atoms with Gasteiger partial charge in [0.25, 0.3) is 5.89 Å². The third kappa shape index (κ3) is 3.22. The Kier molecular flexibility index (Phi) is 3.84. The fourth-order valence-electron chi connectivity index (χ4n) is 2.69. The molecule has 1 unspecified atom stereocenters. The Morgan fingerprint density at radius 2 is 1.73 bits per heavy atom. The second kappa shape index (κ2) is 5.95. The molecule has 1 fully saturated rings. The number of rotatable bonds is 4. The number of nitrogens with zero attached hydrogens (tertiary/aromatic N) is 2. The Morgan fingerprint density at radius 1 is 1.04 bits per heavy atom. The first-order chi connectivity index (χ1) is 12.4. The molecule has 0 amide bonds. The summed E-state index contributed by atoms with van der Waals surface area (Å²) in [6.45, 7) is 2.42. The fourth-order valence-corrected chi connectivity index (χ4v) is 2.69. The average Bonchev–Trinajstić information content (AvgIpc) is 3.17. The highest BCUT2D eigenvalue weighted by Crippen LogP contribution is 2.38. The van der Waals surface area contributed by atoms with Gasteiger partial charge >= 0.3 is 6.18 Å². The van der Waals surface area contributed by atoms with Crippen LogP contribution in [0, 0.1) is 0 Å². The number of ether oxygens (including phenoxy) is 1. The molecule has 1 atom stereocenters. The van der Waals surface area contributed by atoms with Gasteiger partial charge in [-0.1, -0.05) is 30.3 Å². The molecule has 7 heteroatoms. The molecule has 4 rings (SSSR count). The molecule has 0 spiro atoms. The Labute approximate surface area is 147 Å². The van der Waals surface area contributed by atoms with Crippen LogP contribution in [0.2, 0.25) is 0 Å². The van der Waals surface area contributed by atoms with Crippen molar-refractivity contribution in [2.45, 2.75) is 25.1 Å². The van der Waals surface area contributed by atoms with E-state index in [1.54, 1.807) is 0 Å². The smallest absolute Gasteiger partial charge is 0.416 e. The largest absolute Gasteiger partial charge is 0.417 e. The zero-order valence-corrected chi connectivity index (χ0v) is 13.9. The van der Waals surface area contributed by atoms with Crippen molar-refractivity contribution < 1.29 is 22.3 Å². The summed E-state index contributed by atoms with van der Waals surface area (Å²) < 4.78 is 49.1. The first kappa shape index (κ1) is 16.8. The molecule has 2 heterocycles. The van der Waals surface area contributed by atoms with E-state index in [-0.39, 0.29) is 0 Å². The van der Waals surface area contributed by atoms with Gasteiger partial charge in [0.05, 0.1) is 12.2 Å². The molecule has 0 bridgehead atoms. The highest BCUT2D eigenvalue weighted by atomic mass is 19.4. The van der Waals surface area contributed by atoms with Gasteiger partial charge in [0.15, 0.2) is 5.60 Å². The third-order valence-electron chi connectivity index (χ3n) is 4.38. The maximum absolute atomic E-state index is 12.7. The van der Waals surface area contributed by atoms with Crippen LogP contribution in [-0.2, 0) is 22.9 Å². The first-order valence-electron chi connectivity index (χ1n) is 8.07. The molecular formula is C19H15F3N2O2. The minimum atomic E-state index is -4.34. The van der Waals surface area contributed by atoms with E-state index in [0.29, 0.717) is 24.8 Å². The molecule has 1 aromatic heterocycles. The van der Waals surface area contributed by atoms with Crippen LogP contribution in [0.25, 0.3) is 11.5 Å². The summed E-state index contributed by atoms with van der Waals surface area (Å²) in [5.41, 5.74) is 1.25. The van der Waals surface area contributed by atoms with E-state index in [2.05, 4.69) is 10.2 Å². The summed E-state index contributed by atoms with van der Waals surface area (Å²) >= 11 is 0. The monoisotopic (exact) mass is 360 g/mol. The predicted octanol–water partition coefficient (Wildman–Crippen LogP) is 4.59. The molecule has 0 radical (unpaired) electrons. The summed E-state index contributed by atoms with van der Waals surface area (Å²) in [5.74, 6) is 0.802. The quantitative estimate of drug-likeness (QED) is 0.639. The number of benzene rings is 2. The van der Waals surface area contributed by atoms with Gasteiger partial charge in [0, 0.05) is 5.56 Å². The van der Waals surface area contributed by atoms with Crippen LogP contribution in [0.5, 0.6) is 0 Å². The molecule has 26 heavy (non-hydrogen) atoms. The van der Waals surface area contributed by atoms with Crippen molar-refractivity contribution in [2.75, 3.05) is 6.61 Å². The molecule has 0 N–H and O–H groups in total. The average molecular weight is 360 g/mol. The minimum absolute atomic E-state index is 0.374. The van der Waals surface area contributed by atoms with E-state index < -0.39 is 17.3 Å². The van der Waals surface area contributed by atoms with Gasteiger partial charge in [-0.25, -0.2) is 0 Å². The third-order valence-corrected chi connectivity index (χ3v) is 4.38. The summed E-state index contributed by atoms with van der Waals surface area (Å²) in [7, 11) is 0. The van der Waals surface area contributed by atoms with Gasteiger partial charge in [-0.2, -0.15) is 13.2 Å². The lowest BCUT2D eigenvalue weighted by Crippen LogP contribution is -2.04. The van der Waals surface area contributed by atoms with Gasteiger partial charge < -0.3 is 9.15 Å². The lowest BCUT2D eigenvalue weighted by atomic mass is 9.99. The van der Waals surface area contributed by atoms with Crippen LogP contribution >= 0.6 is 0 Å². The second-order valence-corrected chi connectivity index (χ2v) is 6.46. The predicted molar refractivity (Wildman–Crippen MR) is 87.3 cm³/mol. The van der Waals surface area contributed by atoms with E-state index in [1.807, 2.05) is 31.2 Å². The summed E-state index contributed by atoms with van der Waals surface area (Å²) in [4.78, 5) is 0. The standard InChI is InChI=1S/C19H15F3N2O2/c1-18(11-25-18)17-24-23-16(26-17)15-5-3-2-4-13(15)10-12-6-8-14(9-7-12)19(20,21)22/h2-9H,10-11H2,1H3. The maximum atomic E-state index is 12.7. The minimum Gasteiger partial charge on any atom is -0.417 e. The highest BCUT2D eigenvalue weighted by molar-refractivity contribution is 5.59. The summed E-state index contributed by atoms with van der Waals surface area (Å²) in [5, 5.41) is 8.14. The topological polar surface area (TPSA) is 51.5 Å². The molecule has 1 saturated heterocycles. The summed E-state index contributed by atoms with van der Waals surface area (Å²) in [6, 6.07) is 12.6.